The van der Waals surface area contributed by atoms with Crippen LogP contribution in [0.2, 0.25) is 0 Å². The molecule has 0 spiro atoms. The Morgan fingerprint density at radius 3 is 2.67 bits per heavy atom. The van der Waals surface area contributed by atoms with Gasteiger partial charge in [-0.05, 0) is 36.3 Å². The summed E-state index contributed by atoms with van der Waals surface area (Å²) in [7, 11) is -2.98. The number of hydrogen-bond donors (Lipinski definition) is 1. The molecule has 0 unspecified atom stereocenters. The summed E-state index contributed by atoms with van der Waals surface area (Å²) in [5.41, 5.74) is 1.12. The molecule has 5 nitrogen and oxygen atoms in total. The number of hydrogen-bond acceptors (Lipinski definition) is 4. The zero-order valence-corrected chi connectivity index (χ0v) is 14.9. The van der Waals surface area contributed by atoms with E-state index in [9.17, 15) is 8.42 Å². The maximum absolute atomic E-state index is 11.8. The zero-order valence-electron chi connectivity index (χ0n) is 13.2. The summed E-state index contributed by atoms with van der Waals surface area (Å²) in [4.78, 5) is 1.93. The molecule has 1 N–H and O–H groups in total. The molecule has 128 valence electrons. The van der Waals surface area contributed by atoms with Gasteiger partial charge in [0, 0.05) is 12.6 Å². The van der Waals surface area contributed by atoms with Gasteiger partial charge < -0.3 is 14.6 Å². The Balaban J connectivity index is 1.70. The van der Waals surface area contributed by atoms with Gasteiger partial charge in [0.15, 0.2) is 14.9 Å². The highest BCUT2D eigenvalue weighted by atomic mass is 32.2. The fourth-order valence-corrected chi connectivity index (χ4v) is 4.85. The number of rotatable bonds is 5. The number of furan rings is 1. The molecule has 0 saturated carbocycles. The van der Waals surface area contributed by atoms with Gasteiger partial charge in [-0.25, -0.2) is 8.42 Å². The minimum atomic E-state index is -2.98. The van der Waals surface area contributed by atoms with Gasteiger partial charge in [-0.15, -0.1) is 0 Å². The number of nitrogens with zero attached hydrogens (tertiary/aromatic N) is 1. The summed E-state index contributed by atoms with van der Waals surface area (Å²) >= 11 is 5.54. The standard InChI is InChI=1S/C17H20N2O3S2/c20-24(21)10-8-15(13-24)19(12-16-7-4-9-22-16)17(23)18-11-14-5-2-1-3-6-14/h1-7,9,15H,8,10-13H2,(H,18,23)/t15-/m0/s1. The van der Waals surface area contributed by atoms with Crippen molar-refractivity contribution in [2.75, 3.05) is 11.5 Å². The molecule has 0 amide bonds. The second-order valence-electron chi connectivity index (χ2n) is 5.91. The van der Waals surface area contributed by atoms with Crippen molar-refractivity contribution in [1.29, 1.82) is 0 Å². The van der Waals surface area contributed by atoms with Crippen molar-refractivity contribution in [2.24, 2.45) is 0 Å². The molecule has 24 heavy (non-hydrogen) atoms. The molecule has 1 fully saturated rings. The third-order valence-electron chi connectivity index (χ3n) is 4.10. The lowest BCUT2D eigenvalue weighted by atomic mass is 10.2. The van der Waals surface area contributed by atoms with Gasteiger partial charge in [0.05, 0.1) is 24.3 Å². The summed E-state index contributed by atoms with van der Waals surface area (Å²) in [6.07, 6.45) is 2.20. The van der Waals surface area contributed by atoms with Crippen LogP contribution in [0.4, 0.5) is 0 Å². The first kappa shape index (κ1) is 17.0. The van der Waals surface area contributed by atoms with E-state index in [1.807, 2.05) is 47.4 Å². The van der Waals surface area contributed by atoms with E-state index in [0.717, 1.165) is 11.3 Å². The first-order valence-electron chi connectivity index (χ1n) is 7.85. The Bertz CT molecular complexity index is 773. The van der Waals surface area contributed by atoms with Crippen LogP contribution in [0.15, 0.2) is 53.1 Å². The van der Waals surface area contributed by atoms with E-state index in [1.54, 1.807) is 6.26 Å². The van der Waals surface area contributed by atoms with Gasteiger partial charge in [0.2, 0.25) is 0 Å². The molecule has 0 radical (unpaired) electrons. The molecule has 1 saturated heterocycles. The van der Waals surface area contributed by atoms with Crippen LogP contribution in [0.5, 0.6) is 0 Å². The molecule has 7 heteroatoms. The molecule has 1 aromatic heterocycles. The van der Waals surface area contributed by atoms with Crippen molar-refractivity contribution in [3.63, 3.8) is 0 Å². The third kappa shape index (κ3) is 4.36. The van der Waals surface area contributed by atoms with Gasteiger partial charge in [0.1, 0.15) is 5.76 Å². The SMILES string of the molecule is O=S1(=O)CC[C@H](N(Cc2ccco2)C(=S)NCc2ccccc2)C1. The molecule has 3 rings (SSSR count). The molecule has 1 atom stereocenters. The summed E-state index contributed by atoms with van der Waals surface area (Å²) in [6.45, 7) is 1.07. The predicted molar refractivity (Wildman–Crippen MR) is 97.2 cm³/mol. The molecule has 0 bridgehead atoms. The maximum Gasteiger partial charge on any atom is 0.169 e. The van der Waals surface area contributed by atoms with Crippen LogP contribution in [-0.2, 0) is 22.9 Å². The highest BCUT2D eigenvalue weighted by molar-refractivity contribution is 7.91. The van der Waals surface area contributed by atoms with E-state index >= 15 is 0 Å². The Hall–Kier alpha value is -1.86. The summed E-state index contributed by atoms with van der Waals surface area (Å²) in [6, 6.07) is 13.5. The number of benzene rings is 1. The largest absolute Gasteiger partial charge is 0.467 e. The van der Waals surface area contributed by atoms with E-state index in [2.05, 4.69) is 5.32 Å². The number of nitrogens with one attached hydrogen (secondary N) is 1. The van der Waals surface area contributed by atoms with Crippen LogP contribution in [0.1, 0.15) is 17.7 Å². The van der Waals surface area contributed by atoms with E-state index < -0.39 is 9.84 Å². The van der Waals surface area contributed by atoms with Crippen molar-refractivity contribution < 1.29 is 12.8 Å². The lowest BCUT2D eigenvalue weighted by molar-refractivity contribution is 0.294. The van der Waals surface area contributed by atoms with Crippen LogP contribution in [0.3, 0.4) is 0 Å². The Morgan fingerprint density at radius 1 is 1.25 bits per heavy atom. The number of thiocarbonyl (C=S) groups is 1. The van der Waals surface area contributed by atoms with Crippen molar-refractivity contribution >= 4 is 27.2 Å². The maximum atomic E-state index is 11.8. The molecule has 1 aliphatic rings. The predicted octanol–water partition coefficient (Wildman–Crippen LogP) is 2.34. The van der Waals surface area contributed by atoms with Crippen LogP contribution >= 0.6 is 12.2 Å². The van der Waals surface area contributed by atoms with Gasteiger partial charge in [-0.2, -0.15) is 0 Å². The van der Waals surface area contributed by atoms with Crippen LogP contribution < -0.4 is 5.32 Å². The quantitative estimate of drug-likeness (QED) is 0.822. The average molecular weight is 364 g/mol. The first-order valence-corrected chi connectivity index (χ1v) is 10.1. The van der Waals surface area contributed by atoms with Gasteiger partial charge in [0.25, 0.3) is 0 Å². The fraction of sp³-hybridized carbons (Fsp3) is 0.353. The van der Waals surface area contributed by atoms with Gasteiger partial charge in [-0.3, -0.25) is 0 Å². The van der Waals surface area contributed by atoms with Gasteiger partial charge in [-0.1, -0.05) is 30.3 Å². The van der Waals surface area contributed by atoms with E-state index in [-0.39, 0.29) is 17.5 Å². The Labute approximate surface area is 147 Å². The molecular formula is C17H20N2O3S2. The van der Waals surface area contributed by atoms with E-state index in [1.165, 1.54) is 0 Å². The Morgan fingerprint density at radius 2 is 2.04 bits per heavy atom. The van der Waals surface area contributed by atoms with Crippen molar-refractivity contribution in [2.45, 2.75) is 25.6 Å². The molecule has 2 aromatic rings. The monoisotopic (exact) mass is 364 g/mol. The van der Waals surface area contributed by atoms with Gasteiger partial charge >= 0.3 is 0 Å². The van der Waals surface area contributed by atoms with E-state index in [4.69, 9.17) is 16.6 Å². The van der Waals surface area contributed by atoms with Crippen LogP contribution in [-0.4, -0.2) is 36.0 Å². The minimum absolute atomic E-state index is 0.115. The van der Waals surface area contributed by atoms with E-state index in [0.29, 0.717) is 24.6 Å². The molecule has 0 aliphatic carbocycles. The molecule has 2 heterocycles. The van der Waals surface area contributed by atoms with Crippen molar-refractivity contribution in [1.82, 2.24) is 10.2 Å². The highest BCUT2D eigenvalue weighted by Crippen LogP contribution is 2.20. The lowest BCUT2D eigenvalue weighted by Gasteiger charge is -2.30. The molecule has 1 aliphatic heterocycles. The summed E-state index contributed by atoms with van der Waals surface area (Å²) in [5.74, 6) is 1.12. The second-order valence-corrected chi connectivity index (χ2v) is 8.52. The van der Waals surface area contributed by atoms with Crippen molar-refractivity contribution in [3.05, 3.63) is 60.1 Å². The average Bonchev–Trinajstić information content (AvgIpc) is 3.20. The molecule has 1 aromatic carbocycles. The topological polar surface area (TPSA) is 62.6 Å². The fourth-order valence-electron chi connectivity index (χ4n) is 2.83. The van der Waals surface area contributed by atoms with Crippen LogP contribution in [0, 0.1) is 0 Å². The van der Waals surface area contributed by atoms with Crippen molar-refractivity contribution in [3.8, 4) is 0 Å². The first-order chi connectivity index (χ1) is 11.5. The van der Waals surface area contributed by atoms with Crippen LogP contribution in [0.25, 0.3) is 0 Å². The second kappa shape index (κ2) is 7.36. The highest BCUT2D eigenvalue weighted by Gasteiger charge is 2.33. The third-order valence-corrected chi connectivity index (χ3v) is 6.23. The minimum Gasteiger partial charge on any atom is -0.467 e. The summed E-state index contributed by atoms with van der Waals surface area (Å²) in [5, 5.41) is 3.79. The Kier molecular flexibility index (Phi) is 5.20. The number of sulfone groups is 1. The molecular weight excluding hydrogens is 344 g/mol. The zero-order chi connectivity index (χ0) is 17.0. The summed E-state index contributed by atoms with van der Waals surface area (Å²) < 4.78 is 29.1. The smallest absolute Gasteiger partial charge is 0.169 e. The normalized spacial score (nSPS) is 19.1. The lowest BCUT2D eigenvalue weighted by Crippen LogP contribution is -2.45.